The lowest BCUT2D eigenvalue weighted by atomic mass is 9.98. The predicted octanol–water partition coefficient (Wildman–Crippen LogP) is 3.57. The highest BCUT2D eigenvalue weighted by Crippen LogP contribution is 2.33. The van der Waals surface area contributed by atoms with E-state index in [0.717, 1.165) is 11.1 Å². The van der Waals surface area contributed by atoms with Gasteiger partial charge in [-0.25, -0.2) is 0 Å². The summed E-state index contributed by atoms with van der Waals surface area (Å²) in [4.78, 5) is 11.9. The van der Waals surface area contributed by atoms with Gasteiger partial charge in [-0.15, -0.1) is 24.8 Å². The third kappa shape index (κ3) is 3.65. The smallest absolute Gasteiger partial charge is 0.251 e. The third-order valence-corrected chi connectivity index (χ3v) is 2.78. The highest BCUT2D eigenvalue weighted by Gasteiger charge is 2.15. The van der Waals surface area contributed by atoms with E-state index >= 15 is 0 Å². The molecule has 0 aliphatic carbocycles. The Morgan fingerprint density at radius 2 is 1.65 bits per heavy atom. The predicted molar refractivity (Wildman–Crippen MR) is 86.3 cm³/mol. The van der Waals surface area contributed by atoms with Crippen LogP contribution in [0.25, 0.3) is 11.1 Å². The molecule has 0 aliphatic rings. The second-order valence-corrected chi connectivity index (χ2v) is 3.83. The van der Waals surface area contributed by atoms with Gasteiger partial charge in [-0.05, 0) is 17.7 Å². The Morgan fingerprint density at radius 3 is 2.20 bits per heavy atom. The van der Waals surface area contributed by atoms with Gasteiger partial charge >= 0.3 is 0 Å². The molecule has 108 valence electrons. The van der Waals surface area contributed by atoms with E-state index in [0.29, 0.717) is 11.3 Å². The molecule has 0 spiro atoms. The molecule has 0 bridgehead atoms. The van der Waals surface area contributed by atoms with E-state index in [2.05, 4.69) is 5.32 Å². The maximum Gasteiger partial charge on any atom is 0.251 e. The summed E-state index contributed by atoms with van der Waals surface area (Å²) in [6, 6.07) is 15.2. The van der Waals surface area contributed by atoms with E-state index in [1.807, 2.05) is 42.5 Å². The average Bonchev–Trinajstić information content (AvgIpc) is 2.46. The highest BCUT2D eigenvalue weighted by molar-refractivity contribution is 6.02. The van der Waals surface area contributed by atoms with Crippen molar-refractivity contribution in [1.82, 2.24) is 5.32 Å². The summed E-state index contributed by atoms with van der Waals surface area (Å²) in [5.74, 6) is 0.579. The van der Waals surface area contributed by atoms with E-state index in [1.54, 1.807) is 20.2 Å². The second kappa shape index (κ2) is 8.46. The van der Waals surface area contributed by atoms with Gasteiger partial charge in [-0.3, -0.25) is 4.79 Å². The van der Waals surface area contributed by atoms with Crippen molar-refractivity contribution in [3.8, 4) is 16.9 Å². The Labute approximate surface area is 131 Å². The first-order valence-corrected chi connectivity index (χ1v) is 5.72. The summed E-state index contributed by atoms with van der Waals surface area (Å²) in [6.45, 7) is 0. The lowest BCUT2D eigenvalue weighted by Gasteiger charge is -2.13. The van der Waals surface area contributed by atoms with Crippen molar-refractivity contribution in [2.24, 2.45) is 0 Å². The summed E-state index contributed by atoms with van der Waals surface area (Å²) >= 11 is 0. The number of amides is 1. The van der Waals surface area contributed by atoms with Gasteiger partial charge in [0.05, 0.1) is 12.7 Å². The summed E-state index contributed by atoms with van der Waals surface area (Å²) in [7, 11) is 3.23. The van der Waals surface area contributed by atoms with E-state index in [9.17, 15) is 4.79 Å². The average molecular weight is 314 g/mol. The Morgan fingerprint density at radius 1 is 1.00 bits per heavy atom. The molecule has 0 fully saturated rings. The van der Waals surface area contributed by atoms with Crippen LogP contribution >= 0.6 is 24.8 Å². The maximum atomic E-state index is 11.9. The largest absolute Gasteiger partial charge is 0.496 e. The van der Waals surface area contributed by atoms with Crippen LogP contribution in [0.1, 0.15) is 10.4 Å². The fraction of sp³-hybridized carbons (Fsp3) is 0.133. The molecule has 2 aromatic carbocycles. The van der Waals surface area contributed by atoms with Crippen molar-refractivity contribution in [3.63, 3.8) is 0 Å². The molecular weight excluding hydrogens is 297 g/mol. The van der Waals surface area contributed by atoms with Gasteiger partial charge in [0.25, 0.3) is 5.91 Å². The lowest BCUT2D eigenvalue weighted by Crippen LogP contribution is -2.18. The van der Waals surface area contributed by atoms with Gasteiger partial charge in [0.15, 0.2) is 0 Å². The van der Waals surface area contributed by atoms with Crippen molar-refractivity contribution in [3.05, 3.63) is 54.1 Å². The van der Waals surface area contributed by atoms with Crippen molar-refractivity contribution < 1.29 is 9.53 Å². The minimum atomic E-state index is -0.118. The van der Waals surface area contributed by atoms with Crippen molar-refractivity contribution in [1.29, 1.82) is 0 Å². The Bertz CT molecular complexity index is 559. The molecule has 0 heterocycles. The topological polar surface area (TPSA) is 38.3 Å². The molecule has 1 amide bonds. The molecule has 5 heteroatoms. The Hall–Kier alpha value is -1.71. The standard InChI is InChI=1S/C15H15NO2.2ClH/c1-16-15(17)12-9-6-10-13(18-2)14(12)11-7-4-3-5-8-11;;/h3-10H,1-2H3,(H,16,17);2*1H. The zero-order chi connectivity index (χ0) is 13.0. The summed E-state index contributed by atoms with van der Waals surface area (Å²) in [5.41, 5.74) is 2.40. The zero-order valence-electron chi connectivity index (χ0n) is 11.3. The van der Waals surface area contributed by atoms with Crippen molar-refractivity contribution in [2.45, 2.75) is 0 Å². The van der Waals surface area contributed by atoms with Crippen LogP contribution in [0.4, 0.5) is 0 Å². The number of nitrogens with one attached hydrogen (secondary N) is 1. The zero-order valence-corrected chi connectivity index (χ0v) is 12.9. The number of methoxy groups -OCH3 is 1. The van der Waals surface area contributed by atoms with Crippen LogP contribution in [0.15, 0.2) is 48.5 Å². The molecular formula is C15H17Cl2NO2. The number of carbonyl (C=O) groups is 1. The molecule has 1 N–H and O–H groups in total. The monoisotopic (exact) mass is 313 g/mol. The molecule has 0 unspecified atom stereocenters. The number of carbonyl (C=O) groups excluding carboxylic acids is 1. The number of rotatable bonds is 3. The fourth-order valence-electron chi connectivity index (χ4n) is 1.93. The van der Waals surface area contributed by atoms with Gasteiger partial charge in [0.2, 0.25) is 0 Å². The van der Waals surface area contributed by atoms with Gasteiger partial charge < -0.3 is 10.1 Å². The van der Waals surface area contributed by atoms with E-state index in [1.165, 1.54) is 0 Å². The first-order valence-electron chi connectivity index (χ1n) is 5.72. The number of benzene rings is 2. The van der Waals surface area contributed by atoms with Crippen LogP contribution in [-0.2, 0) is 0 Å². The van der Waals surface area contributed by atoms with Gasteiger partial charge in [-0.2, -0.15) is 0 Å². The van der Waals surface area contributed by atoms with Crippen LogP contribution in [-0.4, -0.2) is 20.1 Å². The molecule has 0 radical (unpaired) electrons. The minimum Gasteiger partial charge on any atom is -0.496 e. The summed E-state index contributed by atoms with van der Waals surface area (Å²) < 4.78 is 5.36. The lowest BCUT2D eigenvalue weighted by molar-refractivity contribution is 0.0963. The van der Waals surface area contributed by atoms with Gasteiger partial charge in [-0.1, -0.05) is 36.4 Å². The first-order chi connectivity index (χ1) is 8.77. The molecule has 0 saturated carbocycles. The first kappa shape index (κ1) is 18.3. The fourth-order valence-corrected chi connectivity index (χ4v) is 1.93. The molecule has 20 heavy (non-hydrogen) atoms. The van der Waals surface area contributed by atoms with Gasteiger partial charge in [0, 0.05) is 12.6 Å². The highest BCUT2D eigenvalue weighted by atomic mass is 35.5. The minimum absolute atomic E-state index is 0. The second-order valence-electron chi connectivity index (χ2n) is 3.83. The van der Waals surface area contributed by atoms with E-state index in [4.69, 9.17) is 4.74 Å². The van der Waals surface area contributed by atoms with Crippen LogP contribution in [0.3, 0.4) is 0 Å². The maximum absolute atomic E-state index is 11.9. The van der Waals surface area contributed by atoms with Crippen molar-refractivity contribution >= 4 is 30.7 Å². The number of halogens is 2. The van der Waals surface area contributed by atoms with Gasteiger partial charge in [0.1, 0.15) is 5.75 Å². The Balaban J connectivity index is 0.00000180. The third-order valence-electron chi connectivity index (χ3n) is 2.78. The molecule has 0 atom stereocenters. The molecule has 0 aromatic heterocycles. The number of hydrogen-bond donors (Lipinski definition) is 1. The van der Waals surface area contributed by atoms with Crippen LogP contribution in [0.2, 0.25) is 0 Å². The summed E-state index contributed by atoms with van der Waals surface area (Å²) in [6.07, 6.45) is 0. The molecule has 2 rings (SSSR count). The number of hydrogen-bond acceptors (Lipinski definition) is 2. The van der Waals surface area contributed by atoms with Crippen LogP contribution in [0.5, 0.6) is 5.75 Å². The SMILES string of the molecule is CNC(=O)c1cccc(OC)c1-c1ccccc1.Cl.Cl. The summed E-state index contributed by atoms with van der Waals surface area (Å²) in [5, 5.41) is 2.65. The van der Waals surface area contributed by atoms with Crippen LogP contribution in [0, 0.1) is 0 Å². The Kier molecular flexibility index (Phi) is 7.74. The van der Waals surface area contributed by atoms with Crippen LogP contribution < -0.4 is 10.1 Å². The van der Waals surface area contributed by atoms with Crippen molar-refractivity contribution in [2.75, 3.05) is 14.2 Å². The van der Waals surface area contributed by atoms with E-state index in [-0.39, 0.29) is 30.7 Å². The molecule has 0 aliphatic heterocycles. The molecule has 2 aromatic rings. The quantitative estimate of drug-likeness (QED) is 0.940. The normalized spacial score (nSPS) is 8.90. The molecule has 3 nitrogen and oxygen atoms in total. The molecule has 0 saturated heterocycles. The number of ether oxygens (including phenoxy) is 1. The van der Waals surface area contributed by atoms with E-state index < -0.39 is 0 Å².